The van der Waals surface area contributed by atoms with Gasteiger partial charge in [-0.05, 0) is 28.8 Å². The van der Waals surface area contributed by atoms with Crippen LogP contribution in [0.5, 0.6) is 0 Å². The molecule has 0 amide bonds. The van der Waals surface area contributed by atoms with Gasteiger partial charge in [0.15, 0.2) is 0 Å². The van der Waals surface area contributed by atoms with Crippen molar-refractivity contribution in [1.29, 1.82) is 0 Å². The standard InChI is InChI=1S/C18H13F3O2/c19-18(20,21)15-11-9-14(10-12-15)16(7-4-8-17(22)23)13-5-2-1-3-6-13/h1-12H,(H,22,23)/b8-4+,16-7-. The molecule has 0 unspecified atom stereocenters. The van der Waals surface area contributed by atoms with E-state index in [4.69, 9.17) is 5.11 Å². The molecule has 0 saturated carbocycles. The third-order valence-corrected chi connectivity index (χ3v) is 3.11. The largest absolute Gasteiger partial charge is 0.478 e. The molecule has 0 aromatic heterocycles. The average Bonchev–Trinajstić information content (AvgIpc) is 2.51. The molecule has 0 aliphatic heterocycles. The van der Waals surface area contributed by atoms with Crippen LogP contribution in [0, 0.1) is 0 Å². The van der Waals surface area contributed by atoms with Crippen LogP contribution in [0.25, 0.3) is 5.57 Å². The molecule has 2 aromatic carbocycles. The van der Waals surface area contributed by atoms with Crippen molar-refractivity contribution >= 4 is 11.5 Å². The summed E-state index contributed by atoms with van der Waals surface area (Å²) in [6.07, 6.45) is -0.514. The molecule has 2 nitrogen and oxygen atoms in total. The molecular weight excluding hydrogens is 305 g/mol. The molecule has 23 heavy (non-hydrogen) atoms. The van der Waals surface area contributed by atoms with Crippen molar-refractivity contribution in [2.75, 3.05) is 0 Å². The van der Waals surface area contributed by atoms with E-state index < -0.39 is 17.7 Å². The SMILES string of the molecule is O=C(O)/C=C/C=C(/c1ccccc1)c1ccc(C(F)(F)F)cc1. The number of allylic oxidation sites excluding steroid dienone is 2. The first-order chi connectivity index (χ1) is 10.9. The number of aliphatic carboxylic acids is 1. The number of halogens is 3. The topological polar surface area (TPSA) is 37.3 Å². The highest BCUT2D eigenvalue weighted by Crippen LogP contribution is 2.31. The fourth-order valence-electron chi connectivity index (χ4n) is 2.04. The number of benzene rings is 2. The van der Waals surface area contributed by atoms with Gasteiger partial charge in [-0.25, -0.2) is 4.79 Å². The van der Waals surface area contributed by atoms with Gasteiger partial charge in [0.1, 0.15) is 0 Å². The van der Waals surface area contributed by atoms with E-state index in [0.717, 1.165) is 23.8 Å². The molecule has 0 spiro atoms. The van der Waals surface area contributed by atoms with E-state index in [1.54, 1.807) is 30.3 Å². The Bertz CT molecular complexity index is 727. The molecule has 118 valence electrons. The van der Waals surface area contributed by atoms with E-state index in [1.807, 2.05) is 6.07 Å². The first-order valence-corrected chi connectivity index (χ1v) is 6.72. The lowest BCUT2D eigenvalue weighted by atomic mass is 9.96. The van der Waals surface area contributed by atoms with Gasteiger partial charge in [-0.2, -0.15) is 13.2 Å². The van der Waals surface area contributed by atoms with Gasteiger partial charge >= 0.3 is 12.1 Å². The summed E-state index contributed by atoms with van der Waals surface area (Å²) in [5, 5.41) is 8.65. The minimum absolute atomic E-state index is 0.569. The zero-order chi connectivity index (χ0) is 16.9. The van der Waals surface area contributed by atoms with Crippen molar-refractivity contribution in [1.82, 2.24) is 0 Å². The molecule has 0 radical (unpaired) electrons. The minimum atomic E-state index is -4.39. The molecule has 0 fully saturated rings. The summed E-state index contributed by atoms with van der Waals surface area (Å²) in [6, 6.07) is 13.8. The highest BCUT2D eigenvalue weighted by Gasteiger charge is 2.30. The summed E-state index contributed by atoms with van der Waals surface area (Å²) < 4.78 is 37.9. The lowest BCUT2D eigenvalue weighted by Crippen LogP contribution is -2.04. The highest BCUT2D eigenvalue weighted by atomic mass is 19.4. The summed E-state index contributed by atoms with van der Waals surface area (Å²) in [4.78, 5) is 10.6. The smallest absolute Gasteiger partial charge is 0.416 e. The fourth-order valence-corrected chi connectivity index (χ4v) is 2.04. The zero-order valence-electron chi connectivity index (χ0n) is 11.9. The second kappa shape index (κ2) is 6.96. The fraction of sp³-hybridized carbons (Fsp3) is 0.0556. The van der Waals surface area contributed by atoms with Crippen molar-refractivity contribution in [3.8, 4) is 0 Å². The lowest BCUT2D eigenvalue weighted by Gasteiger charge is -2.10. The van der Waals surface area contributed by atoms with Gasteiger partial charge in [-0.3, -0.25) is 0 Å². The van der Waals surface area contributed by atoms with Crippen molar-refractivity contribution in [3.63, 3.8) is 0 Å². The molecule has 0 heterocycles. The molecule has 2 aromatic rings. The first-order valence-electron chi connectivity index (χ1n) is 6.72. The average molecular weight is 318 g/mol. The molecule has 0 aliphatic rings. The van der Waals surface area contributed by atoms with Crippen LogP contribution in [0.1, 0.15) is 16.7 Å². The van der Waals surface area contributed by atoms with Crippen LogP contribution in [-0.2, 0) is 11.0 Å². The number of hydrogen-bond donors (Lipinski definition) is 1. The molecule has 0 atom stereocenters. The summed E-state index contributed by atoms with van der Waals surface area (Å²) in [5.74, 6) is -1.10. The predicted molar refractivity (Wildman–Crippen MR) is 81.7 cm³/mol. The molecule has 0 aliphatic carbocycles. The molecule has 0 bridgehead atoms. The second-order valence-corrected chi connectivity index (χ2v) is 4.72. The Morgan fingerprint density at radius 3 is 2.00 bits per heavy atom. The van der Waals surface area contributed by atoms with Crippen molar-refractivity contribution < 1.29 is 23.1 Å². The highest BCUT2D eigenvalue weighted by molar-refractivity contribution is 5.84. The van der Waals surface area contributed by atoms with Gasteiger partial charge in [-0.1, -0.05) is 54.6 Å². The number of carboxylic acid groups (broad SMARTS) is 1. The van der Waals surface area contributed by atoms with E-state index in [9.17, 15) is 18.0 Å². The third-order valence-electron chi connectivity index (χ3n) is 3.11. The normalized spacial score (nSPS) is 12.6. The third kappa shape index (κ3) is 4.57. The van der Waals surface area contributed by atoms with E-state index in [2.05, 4.69) is 0 Å². The Kier molecular flexibility index (Phi) is 5.01. The maximum Gasteiger partial charge on any atom is 0.416 e. The van der Waals surface area contributed by atoms with Crippen LogP contribution in [0.3, 0.4) is 0 Å². The number of hydrogen-bond acceptors (Lipinski definition) is 1. The summed E-state index contributed by atoms with van der Waals surface area (Å²) in [6.45, 7) is 0. The van der Waals surface area contributed by atoms with Crippen molar-refractivity contribution in [2.24, 2.45) is 0 Å². The Balaban J connectivity index is 2.44. The maximum absolute atomic E-state index is 12.6. The van der Waals surface area contributed by atoms with Gasteiger partial charge < -0.3 is 5.11 Å². The first kappa shape index (κ1) is 16.5. The van der Waals surface area contributed by atoms with Gasteiger partial charge in [0.25, 0.3) is 0 Å². The quantitative estimate of drug-likeness (QED) is 0.651. The number of rotatable bonds is 4. The van der Waals surface area contributed by atoms with Crippen LogP contribution in [0.4, 0.5) is 13.2 Å². The molecule has 5 heteroatoms. The molecular formula is C18H13F3O2. The van der Waals surface area contributed by atoms with Crippen LogP contribution < -0.4 is 0 Å². The van der Waals surface area contributed by atoms with Crippen molar-refractivity contribution in [3.05, 3.63) is 89.5 Å². The lowest BCUT2D eigenvalue weighted by molar-refractivity contribution is -0.137. The monoisotopic (exact) mass is 318 g/mol. The van der Waals surface area contributed by atoms with Gasteiger partial charge in [0, 0.05) is 6.08 Å². The number of carbonyl (C=O) groups is 1. The summed E-state index contributed by atoms with van der Waals surface area (Å²) >= 11 is 0. The number of alkyl halides is 3. The Morgan fingerprint density at radius 2 is 1.48 bits per heavy atom. The van der Waals surface area contributed by atoms with Gasteiger partial charge in [0.2, 0.25) is 0 Å². The molecule has 1 N–H and O–H groups in total. The van der Waals surface area contributed by atoms with E-state index in [-0.39, 0.29) is 0 Å². The van der Waals surface area contributed by atoms with Crippen LogP contribution in [0.15, 0.2) is 72.8 Å². The predicted octanol–water partition coefficient (Wildman–Crippen LogP) is 4.78. The van der Waals surface area contributed by atoms with Gasteiger partial charge in [-0.15, -0.1) is 0 Å². The van der Waals surface area contributed by atoms with E-state index in [1.165, 1.54) is 18.2 Å². The van der Waals surface area contributed by atoms with Crippen LogP contribution in [-0.4, -0.2) is 11.1 Å². The van der Waals surface area contributed by atoms with E-state index in [0.29, 0.717) is 11.1 Å². The number of carboxylic acids is 1. The Hall–Kier alpha value is -2.82. The van der Waals surface area contributed by atoms with E-state index >= 15 is 0 Å². The summed E-state index contributed by atoms with van der Waals surface area (Å²) in [5.41, 5.74) is 1.26. The minimum Gasteiger partial charge on any atom is -0.478 e. The van der Waals surface area contributed by atoms with Crippen LogP contribution in [0.2, 0.25) is 0 Å². The van der Waals surface area contributed by atoms with Crippen molar-refractivity contribution in [2.45, 2.75) is 6.18 Å². The molecule has 0 saturated heterocycles. The van der Waals surface area contributed by atoms with Gasteiger partial charge in [0.05, 0.1) is 5.56 Å². The Morgan fingerprint density at radius 1 is 0.913 bits per heavy atom. The zero-order valence-corrected chi connectivity index (χ0v) is 11.9. The maximum atomic E-state index is 12.6. The second-order valence-electron chi connectivity index (χ2n) is 4.72. The van der Waals surface area contributed by atoms with Crippen LogP contribution >= 0.6 is 0 Å². The Labute approximate surface area is 131 Å². The summed E-state index contributed by atoms with van der Waals surface area (Å²) in [7, 11) is 0. The molecule has 2 rings (SSSR count).